The average Bonchev–Trinajstić information content (AvgIpc) is 2.47. The maximum atomic E-state index is 12.7. The number of nitrogens with zero attached hydrogens (tertiary/aromatic N) is 2. The van der Waals surface area contributed by atoms with Gasteiger partial charge < -0.3 is 10.2 Å². The largest absolute Gasteiger partial charge is 0.416 e. The second-order valence-corrected chi connectivity index (χ2v) is 5.45. The molecule has 0 spiro atoms. The van der Waals surface area contributed by atoms with E-state index in [1.54, 1.807) is 4.90 Å². The van der Waals surface area contributed by atoms with Crippen LogP contribution in [0.2, 0.25) is 0 Å². The number of hydrogen-bond donors (Lipinski definition) is 1. The fraction of sp³-hybridized carbons (Fsp3) is 0.571. The van der Waals surface area contributed by atoms with Gasteiger partial charge in [-0.3, -0.25) is 10.1 Å². The Balaban J connectivity index is 2.23. The Morgan fingerprint density at radius 3 is 2.50 bits per heavy atom. The predicted molar refractivity (Wildman–Crippen MR) is 77.0 cm³/mol. The SMILES string of the molecule is CNCC1CCN(c2ccc(C(F)(F)F)cc2[N+](=O)[O-])CC1. The Bertz CT molecular complexity index is 541. The van der Waals surface area contributed by atoms with Gasteiger partial charge in [-0.1, -0.05) is 0 Å². The zero-order valence-electron chi connectivity index (χ0n) is 12.2. The summed E-state index contributed by atoms with van der Waals surface area (Å²) in [6, 6.07) is 2.73. The van der Waals surface area contributed by atoms with Gasteiger partial charge in [0.15, 0.2) is 0 Å². The molecule has 1 heterocycles. The molecule has 1 aromatic carbocycles. The van der Waals surface area contributed by atoms with Crippen LogP contribution >= 0.6 is 0 Å². The first-order valence-corrected chi connectivity index (χ1v) is 7.08. The number of nitrogens with one attached hydrogen (secondary N) is 1. The molecule has 22 heavy (non-hydrogen) atoms. The maximum absolute atomic E-state index is 12.7. The first kappa shape index (κ1) is 16.5. The highest BCUT2D eigenvalue weighted by Gasteiger charge is 2.34. The fourth-order valence-electron chi connectivity index (χ4n) is 2.78. The third kappa shape index (κ3) is 3.68. The zero-order chi connectivity index (χ0) is 16.3. The number of nitro groups is 1. The summed E-state index contributed by atoms with van der Waals surface area (Å²) in [6.45, 7) is 2.10. The standard InChI is InChI=1S/C14H18F3N3O2/c1-18-9-10-4-6-19(7-5-10)12-3-2-11(14(15,16)17)8-13(12)20(21)22/h2-3,8,10,18H,4-7,9H2,1H3. The molecule has 0 atom stereocenters. The second-order valence-electron chi connectivity index (χ2n) is 5.45. The highest BCUT2D eigenvalue weighted by Crippen LogP contribution is 2.37. The molecule has 8 heteroatoms. The van der Waals surface area contributed by atoms with Crippen molar-refractivity contribution in [3.05, 3.63) is 33.9 Å². The van der Waals surface area contributed by atoms with E-state index in [0.717, 1.165) is 25.5 Å². The molecule has 1 aliphatic rings. The smallest absolute Gasteiger partial charge is 0.366 e. The minimum Gasteiger partial charge on any atom is -0.366 e. The summed E-state index contributed by atoms with van der Waals surface area (Å²) in [7, 11) is 1.87. The van der Waals surface area contributed by atoms with Gasteiger partial charge in [0, 0.05) is 19.2 Å². The van der Waals surface area contributed by atoms with E-state index in [0.29, 0.717) is 25.1 Å². The summed E-state index contributed by atoms with van der Waals surface area (Å²) < 4.78 is 38.1. The quantitative estimate of drug-likeness (QED) is 0.685. The summed E-state index contributed by atoms with van der Waals surface area (Å²) in [6.07, 6.45) is -2.86. The Morgan fingerprint density at radius 1 is 1.36 bits per heavy atom. The van der Waals surface area contributed by atoms with Crippen LogP contribution in [0.3, 0.4) is 0 Å². The highest BCUT2D eigenvalue weighted by molar-refractivity contribution is 5.64. The third-order valence-corrected chi connectivity index (χ3v) is 3.95. The second kappa shape index (κ2) is 6.51. The van der Waals surface area contributed by atoms with Crippen molar-refractivity contribution in [3.8, 4) is 0 Å². The van der Waals surface area contributed by atoms with Gasteiger partial charge in [0.25, 0.3) is 5.69 Å². The van der Waals surface area contributed by atoms with Gasteiger partial charge in [0.2, 0.25) is 0 Å². The minimum atomic E-state index is -4.58. The van der Waals surface area contributed by atoms with E-state index in [1.807, 2.05) is 7.05 Å². The molecule has 0 aromatic heterocycles. The van der Waals surface area contributed by atoms with Crippen LogP contribution in [0.1, 0.15) is 18.4 Å². The molecular formula is C14H18F3N3O2. The number of rotatable bonds is 4. The number of nitro benzene ring substituents is 1. The Kier molecular flexibility index (Phi) is 4.90. The van der Waals surface area contributed by atoms with Crippen LogP contribution in [0.25, 0.3) is 0 Å². The number of anilines is 1. The number of benzene rings is 1. The summed E-state index contributed by atoms with van der Waals surface area (Å²) in [5.74, 6) is 0.495. The van der Waals surface area contributed by atoms with Gasteiger partial charge in [-0.05, 0) is 44.5 Å². The van der Waals surface area contributed by atoms with Gasteiger partial charge in [-0.25, -0.2) is 0 Å². The van der Waals surface area contributed by atoms with Crippen molar-refractivity contribution in [2.24, 2.45) is 5.92 Å². The molecule has 5 nitrogen and oxygen atoms in total. The minimum absolute atomic E-state index is 0.265. The Morgan fingerprint density at radius 2 is 2.00 bits per heavy atom. The van der Waals surface area contributed by atoms with E-state index in [2.05, 4.69) is 5.32 Å². The van der Waals surface area contributed by atoms with E-state index in [1.165, 1.54) is 6.07 Å². The van der Waals surface area contributed by atoms with Crippen LogP contribution < -0.4 is 10.2 Å². The van der Waals surface area contributed by atoms with Crippen molar-refractivity contribution >= 4 is 11.4 Å². The zero-order valence-corrected chi connectivity index (χ0v) is 12.2. The van der Waals surface area contributed by atoms with Crippen LogP contribution in [-0.2, 0) is 6.18 Å². The molecule has 0 amide bonds. The molecule has 0 unspecified atom stereocenters. The van der Waals surface area contributed by atoms with Gasteiger partial charge in [-0.2, -0.15) is 13.2 Å². The van der Waals surface area contributed by atoms with Crippen molar-refractivity contribution in [1.29, 1.82) is 0 Å². The summed E-state index contributed by atoms with van der Waals surface area (Å²) in [5, 5.41) is 14.2. The monoisotopic (exact) mass is 317 g/mol. The fourth-order valence-corrected chi connectivity index (χ4v) is 2.78. The van der Waals surface area contributed by atoms with E-state index in [9.17, 15) is 23.3 Å². The maximum Gasteiger partial charge on any atom is 0.416 e. The molecule has 0 bridgehead atoms. The molecule has 0 radical (unpaired) electrons. The first-order chi connectivity index (χ1) is 10.3. The van der Waals surface area contributed by atoms with Crippen LogP contribution in [0, 0.1) is 16.0 Å². The molecule has 1 aliphatic heterocycles. The first-order valence-electron chi connectivity index (χ1n) is 7.08. The van der Waals surface area contributed by atoms with E-state index in [-0.39, 0.29) is 5.69 Å². The lowest BCUT2D eigenvalue weighted by molar-refractivity contribution is -0.384. The Hall–Kier alpha value is -1.83. The molecular weight excluding hydrogens is 299 g/mol. The number of halogens is 3. The van der Waals surface area contributed by atoms with Crippen molar-refractivity contribution < 1.29 is 18.1 Å². The summed E-state index contributed by atoms with van der Waals surface area (Å²) in [5.41, 5.74) is -1.21. The molecule has 122 valence electrons. The van der Waals surface area contributed by atoms with Gasteiger partial charge in [0.05, 0.1) is 10.5 Å². The normalized spacial score (nSPS) is 16.8. The molecule has 1 aromatic rings. The van der Waals surface area contributed by atoms with Crippen LogP contribution in [0.5, 0.6) is 0 Å². The van der Waals surface area contributed by atoms with Gasteiger partial charge in [-0.15, -0.1) is 0 Å². The van der Waals surface area contributed by atoms with Crippen molar-refractivity contribution in [2.75, 3.05) is 31.6 Å². The lowest BCUT2D eigenvalue weighted by Gasteiger charge is -2.33. The van der Waals surface area contributed by atoms with Gasteiger partial charge >= 0.3 is 6.18 Å². The number of alkyl halides is 3. The molecule has 1 fully saturated rings. The molecule has 1 N–H and O–H groups in total. The summed E-state index contributed by atoms with van der Waals surface area (Å²) in [4.78, 5) is 12.2. The predicted octanol–water partition coefficient (Wildman–Crippen LogP) is 3.05. The van der Waals surface area contributed by atoms with Crippen molar-refractivity contribution in [2.45, 2.75) is 19.0 Å². The lowest BCUT2D eigenvalue weighted by Crippen LogP contribution is -2.37. The van der Waals surface area contributed by atoms with E-state index >= 15 is 0 Å². The van der Waals surface area contributed by atoms with Crippen LogP contribution in [0.15, 0.2) is 18.2 Å². The average molecular weight is 317 g/mol. The van der Waals surface area contributed by atoms with E-state index in [4.69, 9.17) is 0 Å². The van der Waals surface area contributed by atoms with Crippen molar-refractivity contribution in [1.82, 2.24) is 5.32 Å². The molecule has 2 rings (SSSR count). The highest BCUT2D eigenvalue weighted by atomic mass is 19.4. The third-order valence-electron chi connectivity index (χ3n) is 3.95. The van der Waals surface area contributed by atoms with E-state index < -0.39 is 22.4 Å². The molecule has 0 saturated carbocycles. The van der Waals surface area contributed by atoms with Crippen molar-refractivity contribution in [3.63, 3.8) is 0 Å². The number of hydrogen-bond acceptors (Lipinski definition) is 4. The lowest BCUT2D eigenvalue weighted by atomic mass is 9.96. The number of piperidine rings is 1. The molecule has 0 aliphatic carbocycles. The van der Waals surface area contributed by atoms with Gasteiger partial charge in [0.1, 0.15) is 5.69 Å². The van der Waals surface area contributed by atoms with Crippen LogP contribution in [0.4, 0.5) is 24.5 Å². The topological polar surface area (TPSA) is 58.4 Å². The molecule has 1 saturated heterocycles. The summed E-state index contributed by atoms with van der Waals surface area (Å²) >= 11 is 0. The Labute approximate surface area is 126 Å². The van der Waals surface area contributed by atoms with Crippen LogP contribution in [-0.4, -0.2) is 31.6 Å².